The molecule has 0 aromatic heterocycles. The summed E-state index contributed by atoms with van der Waals surface area (Å²) >= 11 is 0. The standard InChI is InChI=1S/C15H23NO/c1-12(16)14-10-6-7-11-15(14)17-13-8-4-2-3-5-9-13/h6-7,10-13H,2-5,8-9,16H2,1H3/t12-/m1/s1. The Labute approximate surface area is 104 Å². The van der Waals surface area contributed by atoms with E-state index in [0.717, 1.165) is 11.3 Å². The summed E-state index contributed by atoms with van der Waals surface area (Å²) in [5.74, 6) is 0.981. The van der Waals surface area contributed by atoms with Gasteiger partial charge in [-0.3, -0.25) is 0 Å². The second-order valence-electron chi connectivity index (χ2n) is 5.06. The number of para-hydroxylation sites is 1. The SMILES string of the molecule is C[C@@H](N)c1ccccc1OC1CCCCCC1. The molecule has 0 heterocycles. The van der Waals surface area contributed by atoms with Gasteiger partial charge in [-0.25, -0.2) is 0 Å². The Kier molecular flexibility index (Phi) is 4.43. The molecule has 0 aliphatic heterocycles. The molecule has 2 heteroatoms. The largest absolute Gasteiger partial charge is 0.490 e. The van der Waals surface area contributed by atoms with E-state index in [9.17, 15) is 0 Å². The van der Waals surface area contributed by atoms with Crippen LogP contribution in [0.15, 0.2) is 24.3 Å². The second-order valence-corrected chi connectivity index (χ2v) is 5.06. The van der Waals surface area contributed by atoms with Gasteiger partial charge in [0.25, 0.3) is 0 Å². The van der Waals surface area contributed by atoms with Crippen molar-refractivity contribution in [3.8, 4) is 5.75 Å². The lowest BCUT2D eigenvalue weighted by atomic mass is 10.1. The van der Waals surface area contributed by atoms with E-state index < -0.39 is 0 Å². The van der Waals surface area contributed by atoms with Crippen LogP contribution in [-0.2, 0) is 0 Å². The van der Waals surface area contributed by atoms with E-state index in [1.165, 1.54) is 38.5 Å². The summed E-state index contributed by atoms with van der Waals surface area (Å²) in [6.45, 7) is 2.01. The molecule has 1 aliphatic rings. The molecule has 1 aliphatic carbocycles. The van der Waals surface area contributed by atoms with Gasteiger partial charge < -0.3 is 10.5 Å². The van der Waals surface area contributed by atoms with Crippen molar-refractivity contribution in [1.82, 2.24) is 0 Å². The monoisotopic (exact) mass is 233 g/mol. The zero-order chi connectivity index (χ0) is 12.1. The number of ether oxygens (including phenoxy) is 1. The minimum absolute atomic E-state index is 0.0389. The van der Waals surface area contributed by atoms with Crippen molar-refractivity contribution in [2.24, 2.45) is 5.73 Å². The molecule has 0 bridgehead atoms. The maximum absolute atomic E-state index is 6.15. The molecule has 1 aromatic rings. The van der Waals surface area contributed by atoms with Gasteiger partial charge in [-0.15, -0.1) is 0 Å². The maximum atomic E-state index is 6.15. The topological polar surface area (TPSA) is 35.2 Å². The van der Waals surface area contributed by atoms with E-state index in [0.29, 0.717) is 6.10 Å². The van der Waals surface area contributed by atoms with Crippen LogP contribution in [0.25, 0.3) is 0 Å². The lowest BCUT2D eigenvalue weighted by Gasteiger charge is -2.20. The molecule has 1 atom stereocenters. The van der Waals surface area contributed by atoms with Gasteiger partial charge in [0.1, 0.15) is 5.75 Å². The molecule has 0 spiro atoms. The number of rotatable bonds is 3. The lowest BCUT2D eigenvalue weighted by Crippen LogP contribution is -2.17. The molecule has 1 saturated carbocycles. The van der Waals surface area contributed by atoms with E-state index in [1.54, 1.807) is 0 Å². The van der Waals surface area contributed by atoms with Crippen LogP contribution in [0.5, 0.6) is 5.75 Å². The Morgan fingerprint density at radius 3 is 2.41 bits per heavy atom. The minimum Gasteiger partial charge on any atom is -0.490 e. The van der Waals surface area contributed by atoms with E-state index >= 15 is 0 Å². The molecule has 0 unspecified atom stereocenters. The molecule has 17 heavy (non-hydrogen) atoms. The fourth-order valence-electron chi connectivity index (χ4n) is 2.50. The van der Waals surface area contributed by atoms with E-state index in [1.807, 2.05) is 25.1 Å². The molecule has 2 rings (SSSR count). The first-order valence-electron chi connectivity index (χ1n) is 6.78. The molecule has 0 amide bonds. The van der Waals surface area contributed by atoms with Crippen molar-refractivity contribution in [1.29, 1.82) is 0 Å². The third-order valence-electron chi connectivity index (χ3n) is 3.51. The predicted octanol–water partition coefficient (Wildman–Crippen LogP) is 3.81. The highest BCUT2D eigenvalue weighted by Gasteiger charge is 2.16. The van der Waals surface area contributed by atoms with Gasteiger partial charge in [-0.05, 0) is 38.7 Å². The summed E-state index contributed by atoms with van der Waals surface area (Å²) in [6, 6.07) is 8.20. The van der Waals surface area contributed by atoms with Crippen molar-refractivity contribution in [2.45, 2.75) is 57.6 Å². The molecule has 1 aromatic carbocycles. The highest BCUT2D eigenvalue weighted by atomic mass is 16.5. The normalized spacial score (nSPS) is 19.6. The van der Waals surface area contributed by atoms with Gasteiger partial charge in [0.2, 0.25) is 0 Å². The average molecular weight is 233 g/mol. The van der Waals surface area contributed by atoms with Crippen LogP contribution in [-0.4, -0.2) is 6.10 Å². The van der Waals surface area contributed by atoms with Gasteiger partial charge in [0.15, 0.2) is 0 Å². The zero-order valence-corrected chi connectivity index (χ0v) is 10.7. The molecule has 1 fully saturated rings. The fraction of sp³-hybridized carbons (Fsp3) is 0.600. The highest BCUT2D eigenvalue weighted by Crippen LogP contribution is 2.28. The molecule has 2 nitrogen and oxygen atoms in total. The predicted molar refractivity (Wildman–Crippen MR) is 71.2 cm³/mol. The highest BCUT2D eigenvalue weighted by molar-refractivity contribution is 5.35. The number of benzene rings is 1. The zero-order valence-electron chi connectivity index (χ0n) is 10.7. The quantitative estimate of drug-likeness (QED) is 0.806. The van der Waals surface area contributed by atoms with Gasteiger partial charge in [-0.2, -0.15) is 0 Å². The third kappa shape index (κ3) is 3.47. The summed E-state index contributed by atoms with van der Waals surface area (Å²) in [5, 5.41) is 0. The van der Waals surface area contributed by atoms with Crippen LogP contribution >= 0.6 is 0 Å². The molecule has 2 N–H and O–H groups in total. The Morgan fingerprint density at radius 1 is 1.12 bits per heavy atom. The lowest BCUT2D eigenvalue weighted by molar-refractivity contribution is 0.181. The van der Waals surface area contributed by atoms with E-state index in [-0.39, 0.29) is 6.04 Å². The Bertz CT molecular complexity index is 341. The van der Waals surface area contributed by atoms with Crippen molar-refractivity contribution >= 4 is 0 Å². The van der Waals surface area contributed by atoms with Crippen LogP contribution in [0.3, 0.4) is 0 Å². The number of nitrogens with two attached hydrogens (primary N) is 1. The van der Waals surface area contributed by atoms with Gasteiger partial charge in [0.05, 0.1) is 6.10 Å². The first kappa shape index (κ1) is 12.4. The van der Waals surface area contributed by atoms with Crippen LogP contribution < -0.4 is 10.5 Å². The van der Waals surface area contributed by atoms with Crippen molar-refractivity contribution in [3.63, 3.8) is 0 Å². The second kappa shape index (κ2) is 6.06. The number of hydrogen-bond acceptors (Lipinski definition) is 2. The molecule has 0 radical (unpaired) electrons. The number of hydrogen-bond donors (Lipinski definition) is 1. The summed E-state index contributed by atoms with van der Waals surface area (Å²) in [7, 11) is 0. The first-order valence-corrected chi connectivity index (χ1v) is 6.78. The summed E-state index contributed by atoms with van der Waals surface area (Å²) < 4.78 is 6.15. The van der Waals surface area contributed by atoms with E-state index in [2.05, 4.69) is 6.07 Å². The summed E-state index contributed by atoms with van der Waals surface area (Å²) in [4.78, 5) is 0. The molecule has 0 saturated heterocycles. The van der Waals surface area contributed by atoms with Crippen LogP contribution in [0.1, 0.15) is 57.1 Å². The Morgan fingerprint density at radius 2 is 1.76 bits per heavy atom. The van der Waals surface area contributed by atoms with E-state index in [4.69, 9.17) is 10.5 Å². The molecular weight excluding hydrogens is 210 g/mol. The summed E-state index contributed by atoms with van der Waals surface area (Å²) in [5.41, 5.74) is 7.09. The van der Waals surface area contributed by atoms with Crippen LogP contribution in [0, 0.1) is 0 Å². The Hall–Kier alpha value is -1.02. The van der Waals surface area contributed by atoms with Crippen LogP contribution in [0.4, 0.5) is 0 Å². The Balaban J connectivity index is 2.06. The third-order valence-corrected chi connectivity index (χ3v) is 3.51. The maximum Gasteiger partial charge on any atom is 0.124 e. The molecular formula is C15H23NO. The van der Waals surface area contributed by atoms with Gasteiger partial charge in [0, 0.05) is 11.6 Å². The first-order chi connectivity index (χ1) is 8.27. The summed E-state index contributed by atoms with van der Waals surface area (Å²) in [6.07, 6.45) is 8.07. The van der Waals surface area contributed by atoms with Gasteiger partial charge in [-0.1, -0.05) is 31.0 Å². The molecule has 94 valence electrons. The van der Waals surface area contributed by atoms with Crippen molar-refractivity contribution in [2.75, 3.05) is 0 Å². The van der Waals surface area contributed by atoms with Crippen molar-refractivity contribution < 1.29 is 4.74 Å². The average Bonchev–Trinajstić information content (AvgIpc) is 2.58. The fourth-order valence-corrected chi connectivity index (χ4v) is 2.50. The minimum atomic E-state index is 0.0389. The van der Waals surface area contributed by atoms with Crippen molar-refractivity contribution in [3.05, 3.63) is 29.8 Å². The van der Waals surface area contributed by atoms with Crippen LogP contribution in [0.2, 0.25) is 0 Å². The van der Waals surface area contributed by atoms with Gasteiger partial charge >= 0.3 is 0 Å². The smallest absolute Gasteiger partial charge is 0.124 e.